The van der Waals surface area contributed by atoms with E-state index in [4.69, 9.17) is 4.74 Å². The van der Waals surface area contributed by atoms with Crippen molar-refractivity contribution in [1.82, 2.24) is 10.3 Å². The summed E-state index contributed by atoms with van der Waals surface area (Å²) < 4.78 is 6.01. The minimum atomic E-state index is -0.467. The van der Waals surface area contributed by atoms with Crippen molar-refractivity contribution in [3.8, 4) is 0 Å². The molecule has 0 saturated carbocycles. The number of pyridine rings is 1. The van der Waals surface area contributed by atoms with Crippen LogP contribution in [0.3, 0.4) is 0 Å². The Bertz CT molecular complexity index is 405. The molecule has 1 aromatic heterocycles. The highest BCUT2D eigenvalue weighted by Crippen LogP contribution is 2.19. The molecule has 5 nitrogen and oxygen atoms in total. The van der Waals surface area contributed by atoms with Gasteiger partial charge >= 0.3 is 6.09 Å². The van der Waals surface area contributed by atoms with Crippen LogP contribution < -0.4 is 10.6 Å². The first kappa shape index (κ1) is 14.8. The predicted molar refractivity (Wildman–Crippen MR) is 74.7 cm³/mol. The number of nitrogens with one attached hydrogen (secondary N) is 2. The average molecular weight is 316 g/mol. The molecule has 0 atom stereocenters. The van der Waals surface area contributed by atoms with Crippen LogP contribution in [0.1, 0.15) is 20.8 Å². The Balaban J connectivity index is 2.23. The number of carbonyl (C=O) groups is 1. The molecule has 0 bridgehead atoms. The molecule has 0 unspecified atom stereocenters. The van der Waals surface area contributed by atoms with Crippen molar-refractivity contribution >= 4 is 27.7 Å². The van der Waals surface area contributed by atoms with Crippen LogP contribution in [0.15, 0.2) is 22.9 Å². The van der Waals surface area contributed by atoms with Gasteiger partial charge in [0.25, 0.3) is 0 Å². The second kappa shape index (κ2) is 6.58. The number of ether oxygens (including phenoxy) is 1. The standard InChI is InChI=1S/C12H18BrN3O2/c1-12(2,3)18-11(17)16-7-6-15-10-4-5-14-8-9(10)13/h4-5,8H,6-7H2,1-3H3,(H,14,15)(H,16,17). The molecular weight excluding hydrogens is 298 g/mol. The van der Waals surface area contributed by atoms with E-state index in [0.717, 1.165) is 10.2 Å². The summed E-state index contributed by atoms with van der Waals surface area (Å²) in [7, 11) is 0. The molecular formula is C12H18BrN3O2. The first-order valence-corrected chi connectivity index (χ1v) is 6.48. The van der Waals surface area contributed by atoms with Gasteiger partial charge in [-0.25, -0.2) is 4.79 Å². The van der Waals surface area contributed by atoms with Gasteiger partial charge in [-0.05, 0) is 42.8 Å². The lowest BCUT2D eigenvalue weighted by Crippen LogP contribution is -2.35. The van der Waals surface area contributed by atoms with Gasteiger partial charge in [0.05, 0.1) is 10.2 Å². The molecule has 0 spiro atoms. The summed E-state index contributed by atoms with van der Waals surface area (Å²) in [5, 5.41) is 5.85. The molecule has 18 heavy (non-hydrogen) atoms. The normalized spacial score (nSPS) is 10.9. The molecule has 1 amide bonds. The molecule has 0 saturated heterocycles. The van der Waals surface area contributed by atoms with Crippen LogP contribution in [-0.4, -0.2) is 29.8 Å². The molecule has 2 N–H and O–H groups in total. The van der Waals surface area contributed by atoms with Gasteiger partial charge in [0, 0.05) is 25.5 Å². The third kappa shape index (κ3) is 5.86. The molecule has 0 radical (unpaired) electrons. The zero-order chi connectivity index (χ0) is 13.6. The van der Waals surface area contributed by atoms with Crippen LogP contribution in [0, 0.1) is 0 Å². The van der Waals surface area contributed by atoms with E-state index in [-0.39, 0.29) is 0 Å². The molecule has 0 aliphatic rings. The Morgan fingerprint density at radius 3 is 2.78 bits per heavy atom. The number of hydrogen-bond donors (Lipinski definition) is 2. The number of hydrogen-bond acceptors (Lipinski definition) is 4. The first-order valence-electron chi connectivity index (χ1n) is 5.69. The highest BCUT2D eigenvalue weighted by molar-refractivity contribution is 9.10. The molecule has 6 heteroatoms. The number of nitrogens with zero attached hydrogens (tertiary/aromatic N) is 1. The zero-order valence-electron chi connectivity index (χ0n) is 10.8. The van der Waals surface area contributed by atoms with Gasteiger partial charge in [-0.3, -0.25) is 4.98 Å². The summed E-state index contributed by atoms with van der Waals surface area (Å²) >= 11 is 3.38. The highest BCUT2D eigenvalue weighted by Gasteiger charge is 2.15. The number of alkyl carbamates (subject to hydrolysis) is 1. The number of carbonyl (C=O) groups excluding carboxylic acids is 1. The van der Waals surface area contributed by atoms with Gasteiger partial charge < -0.3 is 15.4 Å². The minimum Gasteiger partial charge on any atom is -0.444 e. The van der Waals surface area contributed by atoms with Crippen molar-refractivity contribution in [1.29, 1.82) is 0 Å². The van der Waals surface area contributed by atoms with Crippen LogP contribution in [0.2, 0.25) is 0 Å². The van der Waals surface area contributed by atoms with E-state index < -0.39 is 11.7 Å². The van der Waals surface area contributed by atoms with Crippen molar-refractivity contribution in [3.05, 3.63) is 22.9 Å². The van der Waals surface area contributed by atoms with Crippen LogP contribution >= 0.6 is 15.9 Å². The number of anilines is 1. The van der Waals surface area contributed by atoms with Gasteiger partial charge in [0.2, 0.25) is 0 Å². The largest absolute Gasteiger partial charge is 0.444 e. The zero-order valence-corrected chi connectivity index (χ0v) is 12.4. The lowest BCUT2D eigenvalue weighted by molar-refractivity contribution is 0.0530. The second-order valence-electron chi connectivity index (χ2n) is 4.71. The molecule has 1 heterocycles. The van der Waals surface area contributed by atoms with Crippen molar-refractivity contribution < 1.29 is 9.53 Å². The van der Waals surface area contributed by atoms with Crippen molar-refractivity contribution in [3.63, 3.8) is 0 Å². The van der Waals surface area contributed by atoms with Crippen LogP contribution in [0.4, 0.5) is 10.5 Å². The van der Waals surface area contributed by atoms with Crippen molar-refractivity contribution in [2.75, 3.05) is 18.4 Å². The summed E-state index contributed by atoms with van der Waals surface area (Å²) in [5.74, 6) is 0. The average Bonchev–Trinajstić information content (AvgIpc) is 2.24. The van der Waals surface area contributed by atoms with E-state index in [1.807, 2.05) is 26.8 Å². The molecule has 0 aliphatic carbocycles. The summed E-state index contributed by atoms with van der Waals surface area (Å²) in [6.45, 7) is 6.60. The molecule has 0 aromatic carbocycles. The maximum absolute atomic E-state index is 11.4. The van der Waals surface area contributed by atoms with E-state index in [0.29, 0.717) is 13.1 Å². The van der Waals surface area contributed by atoms with Gasteiger partial charge in [0.15, 0.2) is 0 Å². The first-order chi connectivity index (χ1) is 8.38. The fourth-order valence-electron chi connectivity index (χ4n) is 1.19. The van der Waals surface area contributed by atoms with Gasteiger partial charge in [-0.1, -0.05) is 0 Å². The van der Waals surface area contributed by atoms with E-state index in [1.165, 1.54) is 0 Å². The SMILES string of the molecule is CC(C)(C)OC(=O)NCCNc1ccncc1Br. The van der Waals surface area contributed by atoms with Crippen LogP contribution in [-0.2, 0) is 4.74 Å². The number of aromatic nitrogens is 1. The van der Waals surface area contributed by atoms with Gasteiger partial charge in [-0.2, -0.15) is 0 Å². The minimum absolute atomic E-state index is 0.405. The van der Waals surface area contributed by atoms with E-state index in [1.54, 1.807) is 12.4 Å². The summed E-state index contributed by atoms with van der Waals surface area (Å²) in [6, 6.07) is 1.86. The van der Waals surface area contributed by atoms with Crippen molar-refractivity contribution in [2.45, 2.75) is 26.4 Å². The number of rotatable bonds is 4. The Kier molecular flexibility index (Phi) is 5.40. The lowest BCUT2D eigenvalue weighted by Gasteiger charge is -2.19. The Labute approximate surface area is 115 Å². The number of halogens is 1. The second-order valence-corrected chi connectivity index (χ2v) is 5.57. The maximum atomic E-state index is 11.4. The van der Waals surface area contributed by atoms with Crippen LogP contribution in [0.25, 0.3) is 0 Å². The summed E-state index contributed by atoms with van der Waals surface area (Å²) in [5.41, 5.74) is 0.474. The van der Waals surface area contributed by atoms with E-state index >= 15 is 0 Å². The number of amides is 1. The fraction of sp³-hybridized carbons (Fsp3) is 0.500. The van der Waals surface area contributed by atoms with Crippen molar-refractivity contribution in [2.24, 2.45) is 0 Å². The molecule has 100 valence electrons. The van der Waals surface area contributed by atoms with Gasteiger partial charge in [-0.15, -0.1) is 0 Å². The monoisotopic (exact) mass is 315 g/mol. The third-order valence-electron chi connectivity index (χ3n) is 1.88. The van der Waals surface area contributed by atoms with Crippen LogP contribution in [0.5, 0.6) is 0 Å². The van der Waals surface area contributed by atoms with E-state index in [9.17, 15) is 4.79 Å². The smallest absolute Gasteiger partial charge is 0.407 e. The lowest BCUT2D eigenvalue weighted by atomic mass is 10.2. The summed E-state index contributed by atoms with van der Waals surface area (Å²) in [6.07, 6.45) is 3.01. The highest BCUT2D eigenvalue weighted by atomic mass is 79.9. The predicted octanol–water partition coefficient (Wildman–Crippen LogP) is 2.78. The van der Waals surface area contributed by atoms with Gasteiger partial charge in [0.1, 0.15) is 5.60 Å². The molecule has 0 aliphatic heterocycles. The topological polar surface area (TPSA) is 63.2 Å². The maximum Gasteiger partial charge on any atom is 0.407 e. The third-order valence-corrected chi connectivity index (χ3v) is 2.51. The molecule has 0 fully saturated rings. The Hall–Kier alpha value is -1.30. The Morgan fingerprint density at radius 1 is 1.44 bits per heavy atom. The van der Waals surface area contributed by atoms with E-state index in [2.05, 4.69) is 31.5 Å². The Morgan fingerprint density at radius 2 is 2.17 bits per heavy atom. The fourth-order valence-corrected chi connectivity index (χ4v) is 1.59. The quantitative estimate of drug-likeness (QED) is 0.839. The summed E-state index contributed by atoms with van der Waals surface area (Å²) in [4.78, 5) is 15.3. The molecule has 1 aromatic rings. The molecule has 1 rings (SSSR count).